The van der Waals surface area contributed by atoms with Crippen LogP contribution in [0.1, 0.15) is 26.7 Å². The molecule has 1 aliphatic rings. The molecule has 1 aromatic heterocycles. The summed E-state index contributed by atoms with van der Waals surface area (Å²) in [6.45, 7) is 5.61. The number of pyridine rings is 1. The van der Waals surface area contributed by atoms with Crippen LogP contribution in [0, 0.1) is 5.41 Å². The van der Waals surface area contributed by atoms with Gasteiger partial charge < -0.3 is 10.6 Å². The lowest BCUT2D eigenvalue weighted by molar-refractivity contribution is -0.143. The van der Waals surface area contributed by atoms with Crippen LogP contribution < -0.4 is 5.73 Å². The van der Waals surface area contributed by atoms with Gasteiger partial charge in [0.2, 0.25) is 15.9 Å². The predicted octanol–water partition coefficient (Wildman–Crippen LogP) is 1.52. The number of nitrogens with two attached hydrogens (primary N) is 1. The molecule has 0 saturated carbocycles. The highest BCUT2D eigenvalue weighted by atomic mass is 35.5. The Morgan fingerprint density at radius 3 is 2.19 bits per heavy atom. The van der Waals surface area contributed by atoms with Crippen molar-refractivity contribution in [3.8, 4) is 0 Å². The molecule has 1 amide bonds. The smallest absolute Gasteiger partial charge is 0.244 e. The Bertz CT molecular complexity index is 653. The topological polar surface area (TPSA) is 96.6 Å². The Hall–Kier alpha value is -0.930. The summed E-state index contributed by atoms with van der Waals surface area (Å²) in [4.78, 5) is 18.6. The first kappa shape index (κ1) is 25.1. The second-order valence-electron chi connectivity index (χ2n) is 6.08. The first-order chi connectivity index (χ1) is 11.4. The van der Waals surface area contributed by atoms with Gasteiger partial charge in [0, 0.05) is 45.1 Å². The molecule has 0 radical (unpaired) electrons. The van der Waals surface area contributed by atoms with Gasteiger partial charge in [-0.1, -0.05) is 13.8 Å². The van der Waals surface area contributed by atoms with E-state index >= 15 is 0 Å². The van der Waals surface area contributed by atoms with Crippen molar-refractivity contribution in [2.45, 2.75) is 31.6 Å². The highest BCUT2D eigenvalue weighted by molar-refractivity contribution is 7.89. The van der Waals surface area contributed by atoms with Crippen LogP contribution in [0.2, 0.25) is 0 Å². The van der Waals surface area contributed by atoms with Gasteiger partial charge in [-0.3, -0.25) is 9.78 Å². The van der Waals surface area contributed by atoms with Crippen LogP contribution >= 0.6 is 24.8 Å². The number of hydrogen-bond donors (Lipinski definition) is 1. The molecule has 7 nitrogen and oxygen atoms in total. The van der Waals surface area contributed by atoms with Gasteiger partial charge in [0.15, 0.2) is 0 Å². The van der Waals surface area contributed by atoms with Gasteiger partial charge in [-0.25, -0.2) is 8.42 Å². The highest BCUT2D eigenvalue weighted by Crippen LogP contribution is 2.28. The minimum atomic E-state index is -3.56. The SMILES string of the molecule is CCC(CC)(CN)C(=O)N1CCN(S(=O)(=O)c2cccnc2)CC1.Cl.Cl. The van der Waals surface area contributed by atoms with Crippen molar-refractivity contribution in [3.05, 3.63) is 24.5 Å². The van der Waals surface area contributed by atoms with E-state index < -0.39 is 15.4 Å². The zero-order valence-corrected chi connectivity index (χ0v) is 17.6. The number of piperazine rings is 1. The third kappa shape index (κ3) is 4.86. The number of carbonyl (C=O) groups excluding carboxylic acids is 1. The molecule has 0 aliphatic carbocycles. The van der Waals surface area contributed by atoms with Crippen LogP contribution in [-0.2, 0) is 14.8 Å². The average Bonchev–Trinajstić information content (AvgIpc) is 2.64. The summed E-state index contributed by atoms with van der Waals surface area (Å²) >= 11 is 0. The van der Waals surface area contributed by atoms with Gasteiger partial charge in [-0.15, -0.1) is 24.8 Å². The number of carbonyl (C=O) groups is 1. The molecule has 1 fully saturated rings. The Labute approximate surface area is 168 Å². The van der Waals surface area contributed by atoms with E-state index in [0.29, 0.717) is 32.5 Å². The van der Waals surface area contributed by atoms with E-state index in [9.17, 15) is 13.2 Å². The number of rotatable bonds is 6. The maximum Gasteiger partial charge on any atom is 0.244 e. The third-order valence-electron chi connectivity index (χ3n) is 5.00. The number of halogens is 2. The molecule has 1 saturated heterocycles. The molecule has 10 heteroatoms. The minimum Gasteiger partial charge on any atom is -0.340 e. The van der Waals surface area contributed by atoms with Gasteiger partial charge in [0.25, 0.3) is 0 Å². The predicted molar refractivity (Wildman–Crippen MR) is 106 cm³/mol. The van der Waals surface area contributed by atoms with Crippen molar-refractivity contribution in [1.82, 2.24) is 14.2 Å². The Morgan fingerprint density at radius 1 is 1.19 bits per heavy atom. The first-order valence-electron chi connectivity index (χ1n) is 8.31. The number of aromatic nitrogens is 1. The van der Waals surface area contributed by atoms with Crippen LogP contribution in [-0.4, -0.2) is 61.2 Å². The second kappa shape index (κ2) is 10.4. The largest absolute Gasteiger partial charge is 0.340 e. The molecule has 150 valence electrons. The van der Waals surface area contributed by atoms with Crippen molar-refractivity contribution in [3.63, 3.8) is 0 Å². The number of hydrogen-bond acceptors (Lipinski definition) is 5. The molecule has 1 aromatic rings. The molecule has 26 heavy (non-hydrogen) atoms. The van der Waals surface area contributed by atoms with Crippen molar-refractivity contribution < 1.29 is 13.2 Å². The summed E-state index contributed by atoms with van der Waals surface area (Å²) in [6.07, 6.45) is 4.26. The summed E-state index contributed by atoms with van der Waals surface area (Å²) in [5.41, 5.74) is 5.31. The summed E-state index contributed by atoms with van der Waals surface area (Å²) < 4.78 is 26.6. The standard InChI is InChI=1S/C16H26N4O3S.2ClH/c1-3-16(4-2,13-17)15(21)19-8-10-20(11-9-19)24(22,23)14-6-5-7-18-12-14;;/h5-7,12H,3-4,8-11,13,17H2,1-2H3;2*1H. The quantitative estimate of drug-likeness (QED) is 0.743. The summed E-state index contributed by atoms with van der Waals surface area (Å²) in [5.74, 6) is 0.0356. The molecule has 0 aromatic carbocycles. The third-order valence-corrected chi connectivity index (χ3v) is 6.88. The lowest BCUT2D eigenvalue weighted by atomic mass is 9.81. The average molecular weight is 427 g/mol. The van der Waals surface area contributed by atoms with Gasteiger partial charge >= 0.3 is 0 Å². The zero-order valence-electron chi connectivity index (χ0n) is 15.1. The number of nitrogens with zero attached hydrogens (tertiary/aromatic N) is 3. The van der Waals surface area contributed by atoms with Crippen molar-refractivity contribution in [1.29, 1.82) is 0 Å². The van der Waals surface area contributed by atoms with Crippen LogP contribution in [0.4, 0.5) is 0 Å². The highest BCUT2D eigenvalue weighted by Gasteiger charge is 2.39. The van der Waals surface area contributed by atoms with Gasteiger partial charge in [-0.2, -0.15) is 4.31 Å². The van der Waals surface area contributed by atoms with E-state index in [1.165, 1.54) is 22.8 Å². The lowest BCUT2D eigenvalue weighted by Gasteiger charge is -2.39. The summed E-state index contributed by atoms with van der Waals surface area (Å²) in [6, 6.07) is 3.14. The first-order valence-corrected chi connectivity index (χ1v) is 9.75. The van der Waals surface area contributed by atoms with Crippen LogP contribution in [0.15, 0.2) is 29.4 Å². The van der Waals surface area contributed by atoms with Crippen LogP contribution in [0.25, 0.3) is 0 Å². The van der Waals surface area contributed by atoms with Crippen LogP contribution in [0.5, 0.6) is 0 Å². The molecule has 0 spiro atoms. The molecule has 2 N–H and O–H groups in total. The van der Waals surface area contributed by atoms with Crippen LogP contribution in [0.3, 0.4) is 0 Å². The molecule has 2 rings (SSSR count). The van der Waals surface area contributed by atoms with E-state index in [2.05, 4.69) is 4.98 Å². The van der Waals surface area contributed by atoms with E-state index in [4.69, 9.17) is 5.73 Å². The minimum absolute atomic E-state index is 0. The Morgan fingerprint density at radius 2 is 1.77 bits per heavy atom. The molecule has 2 heterocycles. The van der Waals surface area contributed by atoms with Crippen molar-refractivity contribution in [2.24, 2.45) is 11.1 Å². The lowest BCUT2D eigenvalue weighted by Crippen LogP contribution is -2.55. The van der Waals surface area contributed by atoms with Gasteiger partial charge in [0.1, 0.15) is 4.90 Å². The zero-order chi connectivity index (χ0) is 17.8. The second-order valence-corrected chi connectivity index (χ2v) is 8.01. The van der Waals surface area contributed by atoms with E-state index in [-0.39, 0.29) is 48.7 Å². The van der Waals surface area contributed by atoms with Gasteiger partial charge in [0.05, 0.1) is 5.41 Å². The number of sulfonamides is 1. The monoisotopic (exact) mass is 426 g/mol. The fourth-order valence-corrected chi connectivity index (χ4v) is 4.43. The maximum atomic E-state index is 12.8. The maximum absolute atomic E-state index is 12.8. The molecule has 0 atom stereocenters. The molecular formula is C16H28Cl2N4O3S. The summed E-state index contributed by atoms with van der Waals surface area (Å²) in [5, 5.41) is 0. The van der Waals surface area contributed by atoms with E-state index in [1.807, 2.05) is 13.8 Å². The fraction of sp³-hybridized carbons (Fsp3) is 0.625. The van der Waals surface area contributed by atoms with Gasteiger partial charge in [-0.05, 0) is 25.0 Å². The van der Waals surface area contributed by atoms with Crippen molar-refractivity contribution in [2.75, 3.05) is 32.7 Å². The van der Waals surface area contributed by atoms with Crippen molar-refractivity contribution >= 4 is 40.7 Å². The normalized spacial score (nSPS) is 15.7. The molecule has 0 unspecified atom stereocenters. The number of amides is 1. The summed E-state index contributed by atoms with van der Waals surface area (Å²) in [7, 11) is -3.56. The molecular weight excluding hydrogens is 399 g/mol. The Balaban J connectivity index is 0.00000312. The fourth-order valence-electron chi connectivity index (χ4n) is 3.04. The Kier molecular flexibility index (Phi) is 10.0. The van der Waals surface area contributed by atoms with E-state index in [1.54, 1.807) is 11.0 Å². The molecule has 1 aliphatic heterocycles. The van der Waals surface area contributed by atoms with E-state index in [0.717, 1.165) is 0 Å². The molecule has 0 bridgehead atoms.